The van der Waals surface area contributed by atoms with Crippen molar-refractivity contribution in [2.45, 2.75) is 253 Å². The maximum absolute atomic E-state index is 12.2. The average molecular weight is 1450 g/mol. The minimum atomic E-state index is -2.48. The van der Waals surface area contributed by atoms with E-state index < -0.39 is 331 Å². The van der Waals surface area contributed by atoms with E-state index >= 15 is 0 Å². The van der Waals surface area contributed by atoms with Gasteiger partial charge >= 0.3 is 0 Å². The largest absolute Gasteiger partial charge is 0.394 e. The molecule has 0 radical (unpaired) electrons. The Hall–Kier alpha value is -1.72. The fraction of sp³-hybridized carbons (Fsp3) is 1.00. The quantitative estimate of drug-likeness (QED) is 0.0266. The summed E-state index contributed by atoms with van der Waals surface area (Å²) in [4.78, 5) is 0. The summed E-state index contributed by atoms with van der Waals surface area (Å²) in [5, 5.41) is 282. The molecule has 0 amide bonds. The van der Waals surface area contributed by atoms with Crippen LogP contribution < -0.4 is 0 Å². The minimum absolute atomic E-state index is 0.447. The van der Waals surface area contributed by atoms with E-state index in [1.807, 2.05) is 0 Å². The third kappa shape index (κ3) is 19.1. The fourth-order valence-corrected chi connectivity index (χ4v) is 12.1. The van der Waals surface area contributed by atoms with Crippen molar-refractivity contribution in [2.24, 2.45) is 5.92 Å². The molecular formula is C55H98O43. The van der Waals surface area contributed by atoms with Gasteiger partial charge in [-0.05, 0) is 5.92 Å². The summed E-state index contributed by atoms with van der Waals surface area (Å²) in [5.74, 6) is -0.447. The number of ether oxygens (including phenoxy) is 17. The van der Waals surface area contributed by atoms with E-state index in [2.05, 4.69) is 0 Å². The van der Waals surface area contributed by atoms with Crippen molar-refractivity contribution in [1.82, 2.24) is 0 Å². The standard InChI is InChI=1S/C55H98O43/c1-16(2)42-35(75)43(28(68)19(7-60)85-42)94-53-39(79)47(32(72)23(11-64)89-53)96-54-40(80)48(33(73)24(12-65)90-54)97-55-41(81)49(98-52-38(78)45(30(70)22(10-63)88-52)93-27(14-67)84-18(5-58)6-59)34(74)25(91-55)15-82-50-36(76)46(31(71)20(8-61)86-50)95-51-37(77)44(29(69)21(9-62)87-51)92-26(13-66)83-17(3-56)4-57/h16-81H,3-15H2,1-2H3. The topological polar surface area (TPSA) is 683 Å². The monoisotopic (exact) mass is 1450 g/mol. The number of aliphatic hydroxyl groups excluding tert-OH is 26. The highest BCUT2D eigenvalue weighted by molar-refractivity contribution is 5.02. The lowest BCUT2D eigenvalue weighted by Crippen LogP contribution is -2.68. The molecule has 43 heteroatoms. The second-order valence-electron chi connectivity index (χ2n) is 24.6. The molecule has 7 rings (SSSR count). The number of hydrogen-bond donors (Lipinski definition) is 26. The van der Waals surface area contributed by atoms with E-state index in [-0.39, 0.29) is 0 Å². The van der Waals surface area contributed by atoms with Crippen LogP contribution in [0.2, 0.25) is 0 Å². The highest BCUT2D eigenvalue weighted by atomic mass is 16.8. The fourth-order valence-electron chi connectivity index (χ4n) is 12.1. The molecule has 0 aliphatic carbocycles. The Labute approximate surface area is 557 Å². The lowest BCUT2D eigenvalue weighted by atomic mass is 9.89. The van der Waals surface area contributed by atoms with Crippen molar-refractivity contribution >= 4 is 0 Å². The molecule has 7 fully saturated rings. The average Bonchev–Trinajstić information content (AvgIpc) is 0.779. The first-order valence-corrected chi connectivity index (χ1v) is 31.6. The van der Waals surface area contributed by atoms with Gasteiger partial charge in [0.15, 0.2) is 50.3 Å². The molecule has 0 spiro atoms. The van der Waals surface area contributed by atoms with Gasteiger partial charge < -0.3 is 213 Å². The van der Waals surface area contributed by atoms with Crippen LogP contribution in [0.25, 0.3) is 0 Å². The molecule has 0 aromatic carbocycles. The van der Waals surface area contributed by atoms with Crippen LogP contribution >= 0.6 is 0 Å². The third-order valence-corrected chi connectivity index (χ3v) is 17.6. The molecule has 7 saturated heterocycles. The van der Waals surface area contributed by atoms with Crippen molar-refractivity contribution in [3.63, 3.8) is 0 Å². The Bertz CT molecular complexity index is 2260. The maximum Gasteiger partial charge on any atom is 0.187 e. The van der Waals surface area contributed by atoms with E-state index in [1.165, 1.54) is 0 Å². The van der Waals surface area contributed by atoms with Crippen molar-refractivity contribution in [3.8, 4) is 0 Å². The Morgan fingerprint density at radius 2 is 0.500 bits per heavy atom. The first kappa shape index (κ1) is 83.6. The summed E-state index contributed by atoms with van der Waals surface area (Å²) >= 11 is 0. The molecule has 576 valence electrons. The summed E-state index contributed by atoms with van der Waals surface area (Å²) in [6.07, 6.45) is -77.1. The van der Waals surface area contributed by atoms with Crippen molar-refractivity contribution < 1.29 is 213 Å². The molecule has 26 N–H and O–H groups in total. The van der Waals surface area contributed by atoms with Crippen LogP contribution in [0.3, 0.4) is 0 Å². The van der Waals surface area contributed by atoms with Gasteiger partial charge in [0.25, 0.3) is 0 Å². The van der Waals surface area contributed by atoms with Gasteiger partial charge in [-0.1, -0.05) is 13.8 Å². The molecule has 7 aliphatic heterocycles. The first-order valence-electron chi connectivity index (χ1n) is 31.6. The summed E-state index contributed by atoms with van der Waals surface area (Å²) in [6, 6.07) is 0. The van der Waals surface area contributed by atoms with Crippen LogP contribution in [0, 0.1) is 5.92 Å². The van der Waals surface area contributed by atoms with Gasteiger partial charge in [-0.3, -0.25) is 0 Å². The normalized spacial score (nSPS) is 45.9. The zero-order valence-corrected chi connectivity index (χ0v) is 52.9. The molecular weight excluding hydrogens is 1350 g/mol. The second-order valence-corrected chi connectivity index (χ2v) is 24.6. The van der Waals surface area contributed by atoms with Crippen molar-refractivity contribution in [1.29, 1.82) is 0 Å². The number of hydrogen-bond acceptors (Lipinski definition) is 43. The van der Waals surface area contributed by atoms with Gasteiger partial charge in [0.1, 0.15) is 183 Å². The van der Waals surface area contributed by atoms with Crippen LogP contribution in [-0.4, -0.2) is 458 Å². The van der Waals surface area contributed by atoms with Gasteiger partial charge in [-0.25, -0.2) is 0 Å². The third-order valence-electron chi connectivity index (χ3n) is 17.6. The molecule has 0 bridgehead atoms. The van der Waals surface area contributed by atoms with Crippen molar-refractivity contribution in [2.75, 3.05) is 85.9 Å². The van der Waals surface area contributed by atoms with Gasteiger partial charge in [-0.2, -0.15) is 0 Å². The van der Waals surface area contributed by atoms with E-state index in [9.17, 15) is 133 Å². The molecule has 0 saturated carbocycles. The molecule has 37 atom stereocenters. The van der Waals surface area contributed by atoms with Gasteiger partial charge in [0, 0.05) is 0 Å². The summed E-state index contributed by atoms with van der Waals surface area (Å²) in [6.45, 7) is -9.19. The van der Waals surface area contributed by atoms with Crippen LogP contribution in [0.4, 0.5) is 0 Å². The van der Waals surface area contributed by atoms with Crippen LogP contribution in [-0.2, 0) is 80.5 Å². The molecule has 7 aliphatic rings. The lowest BCUT2D eigenvalue weighted by Gasteiger charge is -2.50. The van der Waals surface area contributed by atoms with Gasteiger partial charge in [0.2, 0.25) is 0 Å². The summed E-state index contributed by atoms with van der Waals surface area (Å²) in [7, 11) is 0. The predicted octanol–water partition coefficient (Wildman–Crippen LogP) is -17.1. The highest BCUT2D eigenvalue weighted by Crippen LogP contribution is 2.39. The van der Waals surface area contributed by atoms with E-state index in [0.717, 1.165) is 0 Å². The molecule has 0 aromatic rings. The molecule has 37 unspecified atom stereocenters. The number of rotatable bonds is 34. The summed E-state index contributed by atoms with van der Waals surface area (Å²) in [5.41, 5.74) is 0. The van der Waals surface area contributed by atoms with E-state index in [0.29, 0.717) is 0 Å². The van der Waals surface area contributed by atoms with E-state index in [4.69, 9.17) is 80.5 Å². The smallest absolute Gasteiger partial charge is 0.187 e. The van der Waals surface area contributed by atoms with E-state index in [1.54, 1.807) is 13.8 Å². The second kappa shape index (κ2) is 38.5. The summed E-state index contributed by atoms with van der Waals surface area (Å²) < 4.78 is 96.9. The Kier molecular flexibility index (Phi) is 32.8. The molecule has 98 heavy (non-hydrogen) atoms. The predicted molar refractivity (Wildman–Crippen MR) is 302 cm³/mol. The number of aliphatic hydroxyl groups is 26. The van der Waals surface area contributed by atoms with Gasteiger partial charge in [-0.15, -0.1) is 0 Å². The molecule has 7 heterocycles. The van der Waals surface area contributed by atoms with Crippen LogP contribution in [0.5, 0.6) is 0 Å². The van der Waals surface area contributed by atoms with Crippen molar-refractivity contribution in [3.05, 3.63) is 0 Å². The lowest BCUT2D eigenvalue weighted by molar-refractivity contribution is -0.399. The van der Waals surface area contributed by atoms with Crippen LogP contribution in [0.15, 0.2) is 0 Å². The zero-order chi connectivity index (χ0) is 72.3. The van der Waals surface area contributed by atoms with Crippen LogP contribution in [0.1, 0.15) is 13.8 Å². The van der Waals surface area contributed by atoms with Gasteiger partial charge in [0.05, 0.1) is 92.0 Å². The Balaban J connectivity index is 1.17. The first-order chi connectivity index (χ1) is 46.7. The Morgan fingerprint density at radius 1 is 0.265 bits per heavy atom. The SMILES string of the molecule is CC(C)C1OC(CO)C(O)C(OC2OC(CO)C(O)C(OC3OC(CO)C(O)C(OC4OC(COC5OC(CO)C(O)C(OC6OC(CO)C(O)C(OC(CO)OC(CO)CO)C6O)C5O)C(O)C(OC5OC(CO)C(O)C(OC(CO)OC(CO)CO)C5O)C4O)C3O)C2O)C1O. The zero-order valence-electron chi connectivity index (χ0n) is 52.9. The Morgan fingerprint density at radius 3 is 0.776 bits per heavy atom. The maximum atomic E-state index is 12.2. The molecule has 43 nitrogen and oxygen atoms in total. The minimum Gasteiger partial charge on any atom is -0.394 e. The molecule has 0 aromatic heterocycles. The highest BCUT2D eigenvalue weighted by Gasteiger charge is 2.59.